The Morgan fingerprint density at radius 1 is 1.58 bits per heavy atom. The molecule has 1 unspecified atom stereocenters. The van der Waals surface area contributed by atoms with Gasteiger partial charge in [-0.05, 0) is 36.6 Å². The summed E-state index contributed by atoms with van der Waals surface area (Å²) in [4.78, 5) is 1.46. The van der Waals surface area contributed by atoms with Crippen molar-refractivity contribution in [3.63, 3.8) is 0 Å². The largest absolute Gasteiger partial charge is 0.396 e. The minimum atomic E-state index is 0.324. The highest BCUT2D eigenvalue weighted by Crippen LogP contribution is 2.14. The molecule has 0 spiro atoms. The maximum absolute atomic E-state index is 8.79. The van der Waals surface area contributed by atoms with Crippen molar-refractivity contribution < 1.29 is 5.11 Å². The zero-order valence-corrected chi connectivity index (χ0v) is 8.31. The molecule has 0 saturated heterocycles. The highest BCUT2D eigenvalue weighted by Gasteiger charge is 2.00. The molecule has 0 aliphatic carbocycles. The summed E-state index contributed by atoms with van der Waals surface area (Å²) in [5.74, 6) is 0.463. The van der Waals surface area contributed by atoms with E-state index in [-0.39, 0.29) is 0 Å². The van der Waals surface area contributed by atoms with Crippen LogP contribution in [-0.4, -0.2) is 11.7 Å². The molecular formula is C10H16OS. The molecule has 0 fully saturated rings. The van der Waals surface area contributed by atoms with E-state index in [4.69, 9.17) is 5.11 Å². The second kappa shape index (κ2) is 5.33. The van der Waals surface area contributed by atoms with Crippen LogP contribution in [0.1, 0.15) is 24.6 Å². The number of hydrogen-bond acceptors (Lipinski definition) is 2. The van der Waals surface area contributed by atoms with Gasteiger partial charge in [0.25, 0.3) is 0 Å². The first kappa shape index (κ1) is 9.75. The third-order valence-corrected chi connectivity index (χ3v) is 2.95. The molecule has 1 N–H and O–H groups in total. The lowest BCUT2D eigenvalue weighted by Crippen LogP contribution is -2.00. The molecule has 0 saturated carbocycles. The van der Waals surface area contributed by atoms with Crippen molar-refractivity contribution >= 4 is 11.3 Å². The van der Waals surface area contributed by atoms with Crippen molar-refractivity contribution in [2.45, 2.75) is 26.2 Å². The van der Waals surface area contributed by atoms with Gasteiger partial charge in [-0.3, -0.25) is 0 Å². The van der Waals surface area contributed by atoms with E-state index >= 15 is 0 Å². The van der Waals surface area contributed by atoms with Crippen LogP contribution in [0.15, 0.2) is 17.5 Å². The Morgan fingerprint density at radius 3 is 3.00 bits per heavy atom. The van der Waals surface area contributed by atoms with E-state index < -0.39 is 0 Å². The molecule has 0 aliphatic rings. The van der Waals surface area contributed by atoms with Crippen LogP contribution in [0.4, 0.5) is 0 Å². The Kier molecular flexibility index (Phi) is 4.33. The number of rotatable bonds is 5. The zero-order valence-electron chi connectivity index (χ0n) is 7.49. The van der Waals surface area contributed by atoms with Gasteiger partial charge in [0.05, 0.1) is 0 Å². The number of hydrogen-bond donors (Lipinski definition) is 1. The first-order valence-electron chi connectivity index (χ1n) is 4.46. The van der Waals surface area contributed by atoms with E-state index in [0.29, 0.717) is 12.5 Å². The highest BCUT2D eigenvalue weighted by molar-refractivity contribution is 7.09. The van der Waals surface area contributed by atoms with Crippen molar-refractivity contribution in [3.05, 3.63) is 22.4 Å². The lowest BCUT2D eigenvalue weighted by Gasteiger charge is -2.05. The third kappa shape index (κ3) is 3.37. The van der Waals surface area contributed by atoms with E-state index in [2.05, 4.69) is 24.4 Å². The Bertz CT molecular complexity index is 194. The Hall–Kier alpha value is -0.340. The number of thiophene rings is 1. The van der Waals surface area contributed by atoms with Gasteiger partial charge in [0.15, 0.2) is 0 Å². The van der Waals surface area contributed by atoms with Gasteiger partial charge in [0.1, 0.15) is 0 Å². The quantitative estimate of drug-likeness (QED) is 0.746. The molecular weight excluding hydrogens is 168 g/mol. The molecule has 2 heteroatoms. The highest BCUT2D eigenvalue weighted by atomic mass is 32.1. The van der Waals surface area contributed by atoms with Crippen molar-refractivity contribution in [1.29, 1.82) is 0 Å². The van der Waals surface area contributed by atoms with Crippen LogP contribution in [0, 0.1) is 5.92 Å². The molecule has 1 heterocycles. The van der Waals surface area contributed by atoms with Crippen LogP contribution in [0.25, 0.3) is 0 Å². The molecule has 1 aromatic rings. The van der Waals surface area contributed by atoms with Gasteiger partial charge in [0, 0.05) is 11.5 Å². The van der Waals surface area contributed by atoms with Crippen LogP contribution in [-0.2, 0) is 6.42 Å². The molecule has 1 nitrogen and oxygen atoms in total. The standard InChI is InChI=1S/C10H16OS/c1-9(8-11)4-2-5-10-6-3-7-12-10/h3,6-7,9,11H,2,4-5,8H2,1H3. The second-order valence-electron chi connectivity index (χ2n) is 3.26. The smallest absolute Gasteiger partial charge is 0.0456 e. The minimum Gasteiger partial charge on any atom is -0.396 e. The van der Waals surface area contributed by atoms with Crippen LogP contribution in [0.2, 0.25) is 0 Å². The molecule has 0 aliphatic heterocycles. The van der Waals surface area contributed by atoms with Crippen molar-refractivity contribution in [1.82, 2.24) is 0 Å². The number of aliphatic hydroxyl groups is 1. The average Bonchev–Trinajstić information content (AvgIpc) is 2.57. The van der Waals surface area contributed by atoms with Gasteiger partial charge in [-0.25, -0.2) is 0 Å². The summed E-state index contributed by atoms with van der Waals surface area (Å²) in [5.41, 5.74) is 0. The predicted octanol–water partition coefficient (Wildman–Crippen LogP) is 2.70. The molecule has 0 bridgehead atoms. The maximum Gasteiger partial charge on any atom is 0.0456 e. The second-order valence-corrected chi connectivity index (χ2v) is 4.29. The normalized spacial score (nSPS) is 13.2. The summed E-state index contributed by atoms with van der Waals surface area (Å²) in [6, 6.07) is 4.27. The van der Waals surface area contributed by atoms with Crippen molar-refractivity contribution in [2.24, 2.45) is 5.92 Å². The fourth-order valence-electron chi connectivity index (χ4n) is 1.17. The fourth-order valence-corrected chi connectivity index (χ4v) is 1.92. The summed E-state index contributed by atoms with van der Waals surface area (Å²) in [7, 11) is 0. The summed E-state index contributed by atoms with van der Waals surface area (Å²) in [6.45, 7) is 2.42. The van der Waals surface area contributed by atoms with Gasteiger partial charge in [-0.15, -0.1) is 11.3 Å². The van der Waals surface area contributed by atoms with E-state index in [0.717, 1.165) is 6.42 Å². The van der Waals surface area contributed by atoms with Gasteiger partial charge in [-0.2, -0.15) is 0 Å². The molecule has 1 atom stereocenters. The van der Waals surface area contributed by atoms with E-state index in [1.165, 1.54) is 17.7 Å². The average molecular weight is 184 g/mol. The maximum atomic E-state index is 8.79. The molecule has 0 radical (unpaired) electrons. The predicted molar refractivity (Wildman–Crippen MR) is 53.5 cm³/mol. The summed E-state index contributed by atoms with van der Waals surface area (Å²) in [5, 5.41) is 10.9. The first-order valence-corrected chi connectivity index (χ1v) is 5.34. The lowest BCUT2D eigenvalue weighted by atomic mass is 10.1. The van der Waals surface area contributed by atoms with Crippen molar-refractivity contribution in [2.75, 3.05) is 6.61 Å². The number of aryl methyl sites for hydroxylation is 1. The van der Waals surface area contributed by atoms with E-state index in [1.807, 2.05) is 11.3 Å². The monoisotopic (exact) mass is 184 g/mol. The molecule has 1 rings (SSSR count). The number of aliphatic hydroxyl groups excluding tert-OH is 1. The van der Waals surface area contributed by atoms with Gasteiger partial charge < -0.3 is 5.11 Å². The first-order chi connectivity index (χ1) is 5.83. The van der Waals surface area contributed by atoms with Gasteiger partial charge in [-0.1, -0.05) is 13.0 Å². The lowest BCUT2D eigenvalue weighted by molar-refractivity contribution is 0.228. The van der Waals surface area contributed by atoms with Crippen molar-refractivity contribution in [3.8, 4) is 0 Å². The zero-order chi connectivity index (χ0) is 8.81. The molecule has 12 heavy (non-hydrogen) atoms. The van der Waals surface area contributed by atoms with Gasteiger partial charge in [0.2, 0.25) is 0 Å². The summed E-state index contributed by atoms with van der Waals surface area (Å²) >= 11 is 1.82. The minimum absolute atomic E-state index is 0.324. The Balaban J connectivity index is 2.11. The topological polar surface area (TPSA) is 20.2 Å². The van der Waals surface area contributed by atoms with Gasteiger partial charge >= 0.3 is 0 Å². The Labute approximate surface area is 78.1 Å². The SMILES string of the molecule is CC(CO)CCCc1cccs1. The Morgan fingerprint density at radius 2 is 2.42 bits per heavy atom. The van der Waals surface area contributed by atoms with Crippen LogP contribution < -0.4 is 0 Å². The summed E-state index contributed by atoms with van der Waals surface area (Å²) < 4.78 is 0. The molecule has 68 valence electrons. The van der Waals surface area contributed by atoms with Crippen LogP contribution >= 0.6 is 11.3 Å². The van der Waals surface area contributed by atoms with E-state index in [1.54, 1.807) is 0 Å². The molecule has 1 aromatic heterocycles. The third-order valence-electron chi connectivity index (χ3n) is 2.01. The summed E-state index contributed by atoms with van der Waals surface area (Å²) in [6.07, 6.45) is 3.50. The molecule has 0 aromatic carbocycles. The van der Waals surface area contributed by atoms with Crippen LogP contribution in [0.5, 0.6) is 0 Å². The van der Waals surface area contributed by atoms with Crippen LogP contribution in [0.3, 0.4) is 0 Å². The van der Waals surface area contributed by atoms with E-state index in [9.17, 15) is 0 Å². The fraction of sp³-hybridized carbons (Fsp3) is 0.600. The molecule has 0 amide bonds.